The molecule has 9 heterocycles. The van der Waals surface area contributed by atoms with Crippen LogP contribution < -0.4 is 16.1 Å². The Hall–Kier alpha value is -8.08. The molecule has 74 heavy (non-hydrogen) atoms. The lowest BCUT2D eigenvalue weighted by Gasteiger charge is -2.32. The summed E-state index contributed by atoms with van der Waals surface area (Å²) in [6, 6.07) is 16.9. The Morgan fingerprint density at radius 1 is 0.716 bits per heavy atom. The first-order chi connectivity index (χ1) is 35.4. The van der Waals surface area contributed by atoms with Crippen LogP contribution in [0.4, 0.5) is 20.7 Å². The van der Waals surface area contributed by atoms with Gasteiger partial charge in [0.2, 0.25) is 11.9 Å². The van der Waals surface area contributed by atoms with E-state index >= 15 is 0 Å². The van der Waals surface area contributed by atoms with Gasteiger partial charge in [-0.25, -0.2) is 38.3 Å². The summed E-state index contributed by atoms with van der Waals surface area (Å²) in [4.78, 5) is 49.4. The largest absolute Gasteiger partial charge is 0.496 e. The van der Waals surface area contributed by atoms with Gasteiger partial charge in [-0.05, 0) is 113 Å². The van der Waals surface area contributed by atoms with Crippen LogP contribution in [0.25, 0.3) is 44.4 Å². The van der Waals surface area contributed by atoms with Gasteiger partial charge >= 0.3 is 19.1 Å². The van der Waals surface area contributed by atoms with Gasteiger partial charge in [-0.3, -0.25) is 18.8 Å². The van der Waals surface area contributed by atoms with Crippen LogP contribution in [0.5, 0.6) is 0 Å². The Balaban J connectivity index is 0.000000143. The number of aromatic nitrogens is 8. The van der Waals surface area contributed by atoms with Gasteiger partial charge in [0.15, 0.2) is 17.0 Å². The number of pyridine rings is 2. The Bertz CT molecular complexity index is 3710. The van der Waals surface area contributed by atoms with E-state index in [1.54, 1.807) is 70.8 Å². The molecule has 0 saturated carbocycles. The van der Waals surface area contributed by atoms with E-state index in [2.05, 4.69) is 84.2 Å². The second-order valence-electron chi connectivity index (χ2n) is 17.9. The molecule has 22 heteroatoms. The predicted molar refractivity (Wildman–Crippen MR) is 276 cm³/mol. The summed E-state index contributed by atoms with van der Waals surface area (Å²) in [5, 5.41) is 17.0. The van der Waals surface area contributed by atoms with Crippen molar-refractivity contribution in [2.24, 2.45) is 0 Å². The third-order valence-corrected chi connectivity index (χ3v) is 13.3. The predicted octanol–water partition coefficient (Wildman–Crippen LogP) is 10.2. The van der Waals surface area contributed by atoms with E-state index in [9.17, 15) is 23.5 Å². The summed E-state index contributed by atoms with van der Waals surface area (Å²) in [5.74, 6) is -1.65. The molecule has 8 aromatic heterocycles. The molecule has 0 amide bonds. The number of ether oxygens (including phenoxy) is 1. The molecule has 2 aromatic carbocycles. The lowest BCUT2D eigenvalue weighted by atomic mass is 9.78. The zero-order valence-corrected chi connectivity index (χ0v) is 42.7. The number of anilines is 2. The molecule has 0 radical (unpaired) electrons. The van der Waals surface area contributed by atoms with Crippen molar-refractivity contribution in [1.82, 2.24) is 38.7 Å². The standard InChI is InChI=1S/C22H16FN5O3.C18H14BrFN4O3.C12H18BNO2/c1-12-13(3-2-7-24-12)16-10-26-22(28-11-18(21(29)30)27-20(16)28)25-9-15-14-6-8-31-19(14)5-4-17(15)23;1-2-26-17(25)14-9-24-16(23-14)12(19)8-22-18(24)21-7-11-10-5-6-27-15(10)4-3-13(11)20;1-9-10(7-6-8-14-9)13-15-11(2,3)12(4,5)16-13/h2-8,10-11H,9H2,1H3,(H,25,26)(H,29,30);3-6,8-9H,2,7H2,1H3,(H,21,22);6-8H,1-5H3. The SMILES string of the molecule is CCOC(=O)c1cn2c(NCc3c(F)ccc4occc34)ncc(Br)c2n1.Cc1ncccc1-c1cnc(NCc2c(F)ccc3occc23)n2cc(C(=O)O)nc12.Cc1ncccc1B1OC(C)(C)C(C)(C)O1. The Morgan fingerprint density at radius 2 is 1.26 bits per heavy atom. The molecule has 10 aromatic rings. The molecule has 0 bridgehead atoms. The van der Waals surface area contributed by atoms with E-state index < -0.39 is 11.9 Å². The van der Waals surface area contributed by atoms with Crippen LogP contribution in [-0.2, 0) is 27.1 Å². The van der Waals surface area contributed by atoms with Crippen molar-refractivity contribution in [1.29, 1.82) is 0 Å². The molecular weight excluding hydrogens is 1020 g/mol. The molecule has 0 spiro atoms. The van der Waals surface area contributed by atoms with Gasteiger partial charge in [0.25, 0.3) is 0 Å². The number of aryl methyl sites for hydroxylation is 2. The Morgan fingerprint density at radius 3 is 1.82 bits per heavy atom. The molecule has 378 valence electrons. The lowest BCUT2D eigenvalue weighted by Crippen LogP contribution is -2.41. The van der Waals surface area contributed by atoms with E-state index in [4.69, 9.17) is 22.9 Å². The van der Waals surface area contributed by atoms with Crippen LogP contribution in [0.3, 0.4) is 0 Å². The molecular formula is C52H48BBrF2N10O8. The minimum absolute atomic E-state index is 0.122. The number of hydrogen-bond donors (Lipinski definition) is 3. The number of furan rings is 2. The fraction of sp³-hybridized carbons (Fsp3) is 0.231. The molecule has 1 fully saturated rings. The van der Waals surface area contributed by atoms with Crippen molar-refractivity contribution in [2.75, 3.05) is 17.2 Å². The number of nitrogens with one attached hydrogen (secondary N) is 2. The van der Waals surface area contributed by atoms with Crippen molar-refractivity contribution in [3.05, 3.63) is 160 Å². The molecule has 0 aliphatic carbocycles. The van der Waals surface area contributed by atoms with Crippen molar-refractivity contribution in [3.63, 3.8) is 0 Å². The molecule has 1 saturated heterocycles. The number of aromatic carboxylic acids is 1. The smallest absolute Gasteiger partial charge is 0.476 e. The van der Waals surface area contributed by atoms with Crippen molar-refractivity contribution >= 4 is 85.6 Å². The molecule has 1 aliphatic heterocycles. The van der Waals surface area contributed by atoms with Crippen molar-refractivity contribution in [3.8, 4) is 11.1 Å². The van der Waals surface area contributed by atoms with Crippen LogP contribution in [0.2, 0.25) is 0 Å². The average molecular weight is 1070 g/mol. The molecule has 11 rings (SSSR count). The van der Waals surface area contributed by atoms with E-state index in [0.717, 1.165) is 22.4 Å². The maximum Gasteiger partial charge on any atom is 0.496 e. The summed E-state index contributed by atoms with van der Waals surface area (Å²) >= 11 is 3.37. The van der Waals surface area contributed by atoms with Crippen LogP contribution >= 0.6 is 15.9 Å². The van der Waals surface area contributed by atoms with Crippen LogP contribution in [0.1, 0.15) is 78.1 Å². The van der Waals surface area contributed by atoms with E-state index in [1.807, 2.05) is 32.0 Å². The second-order valence-corrected chi connectivity index (χ2v) is 18.8. The number of esters is 1. The van der Waals surface area contributed by atoms with E-state index in [-0.39, 0.29) is 61.0 Å². The third kappa shape index (κ3) is 10.1. The van der Waals surface area contributed by atoms with Crippen molar-refractivity contribution < 1.29 is 46.4 Å². The van der Waals surface area contributed by atoms with Gasteiger partial charge in [-0.1, -0.05) is 12.1 Å². The highest BCUT2D eigenvalue weighted by Gasteiger charge is 2.52. The summed E-state index contributed by atoms with van der Waals surface area (Å²) in [7, 11) is -0.307. The van der Waals surface area contributed by atoms with E-state index in [0.29, 0.717) is 66.3 Å². The molecule has 18 nitrogen and oxygen atoms in total. The Labute approximate surface area is 430 Å². The highest BCUT2D eigenvalue weighted by Crippen LogP contribution is 2.37. The van der Waals surface area contributed by atoms with Crippen LogP contribution in [0.15, 0.2) is 124 Å². The number of fused-ring (bicyclic) bond motifs is 4. The highest BCUT2D eigenvalue weighted by atomic mass is 79.9. The zero-order chi connectivity index (χ0) is 52.5. The minimum atomic E-state index is -1.15. The van der Waals surface area contributed by atoms with Gasteiger partial charge in [-0.15, -0.1) is 0 Å². The minimum Gasteiger partial charge on any atom is -0.476 e. The zero-order valence-electron chi connectivity index (χ0n) is 41.1. The number of nitrogens with zero attached hydrogens (tertiary/aromatic N) is 8. The first-order valence-electron chi connectivity index (χ1n) is 23.2. The number of carbonyl (C=O) groups excluding carboxylic acids is 1. The summed E-state index contributed by atoms with van der Waals surface area (Å²) in [5.41, 5.74) is 6.61. The maximum absolute atomic E-state index is 14.4. The number of benzene rings is 2. The monoisotopic (exact) mass is 1070 g/mol. The van der Waals surface area contributed by atoms with Crippen LogP contribution in [-0.4, -0.2) is 80.7 Å². The third-order valence-electron chi connectivity index (χ3n) is 12.7. The Kier molecular flexibility index (Phi) is 14.3. The van der Waals surface area contributed by atoms with Gasteiger partial charge < -0.3 is 38.6 Å². The normalized spacial score (nSPS) is 13.7. The lowest BCUT2D eigenvalue weighted by molar-refractivity contribution is 0.00578. The molecule has 3 N–H and O–H groups in total. The number of carbonyl (C=O) groups is 2. The number of carboxylic acid groups (broad SMARTS) is 1. The number of rotatable bonds is 11. The highest BCUT2D eigenvalue weighted by molar-refractivity contribution is 9.10. The molecule has 0 atom stereocenters. The van der Waals surface area contributed by atoms with Crippen molar-refractivity contribution in [2.45, 2.75) is 72.8 Å². The first-order valence-corrected chi connectivity index (χ1v) is 24.0. The van der Waals surface area contributed by atoms with E-state index in [1.165, 1.54) is 37.1 Å². The van der Waals surface area contributed by atoms with Gasteiger partial charge in [0.1, 0.15) is 28.4 Å². The summed E-state index contributed by atoms with van der Waals surface area (Å²) in [6.07, 6.45) is 12.6. The quantitative estimate of drug-likeness (QED) is 0.0810. The number of halogens is 3. The fourth-order valence-corrected chi connectivity index (χ4v) is 8.50. The first kappa shape index (κ1) is 50.8. The number of hydrogen-bond acceptors (Lipinski definition) is 15. The topological polar surface area (TPSA) is 219 Å². The molecule has 0 unspecified atom stereocenters. The van der Waals surface area contributed by atoms with Crippen LogP contribution in [0, 0.1) is 25.5 Å². The second kappa shape index (κ2) is 20.8. The summed E-state index contributed by atoms with van der Waals surface area (Å²) < 4.78 is 60.1. The summed E-state index contributed by atoms with van der Waals surface area (Å²) in [6.45, 7) is 14.3. The molecule has 1 aliphatic rings. The number of imidazole rings is 2. The fourth-order valence-electron chi connectivity index (χ4n) is 8.12. The van der Waals surface area contributed by atoms with Gasteiger partial charge in [-0.2, -0.15) is 0 Å². The van der Waals surface area contributed by atoms with Gasteiger partial charge in [0, 0.05) is 100 Å². The number of carboxylic acids is 1. The maximum atomic E-state index is 14.4. The average Bonchev–Trinajstić information content (AvgIpc) is 4.23. The van der Waals surface area contributed by atoms with Gasteiger partial charge in [0.05, 0.1) is 34.8 Å².